The van der Waals surface area contributed by atoms with Crippen molar-refractivity contribution in [1.82, 2.24) is 15.1 Å². The molecule has 0 aromatic rings. The van der Waals surface area contributed by atoms with Crippen molar-refractivity contribution in [2.75, 3.05) is 31.6 Å². The van der Waals surface area contributed by atoms with Crippen molar-refractivity contribution in [1.29, 1.82) is 0 Å². The summed E-state index contributed by atoms with van der Waals surface area (Å²) >= 11 is 0. The first-order chi connectivity index (χ1) is 12.7. The van der Waals surface area contributed by atoms with E-state index in [1.54, 1.807) is 0 Å². The van der Waals surface area contributed by atoms with E-state index in [4.69, 9.17) is 5.11 Å². The average molecular weight is 418 g/mol. The van der Waals surface area contributed by atoms with Gasteiger partial charge in [-0.15, -0.1) is 0 Å². The molecule has 0 unspecified atom stereocenters. The lowest BCUT2D eigenvalue weighted by Crippen LogP contribution is -2.40. The van der Waals surface area contributed by atoms with Gasteiger partial charge in [0.15, 0.2) is 0 Å². The fourth-order valence-corrected chi connectivity index (χ4v) is 3.88. The summed E-state index contributed by atoms with van der Waals surface area (Å²) in [5.74, 6) is -1.15. The Bertz CT molecular complexity index is 607. The molecule has 1 atom stereocenters. The molecular formula is C16H23N3O6S2. The second-order valence-corrected chi connectivity index (χ2v) is 8.38. The van der Waals surface area contributed by atoms with Gasteiger partial charge < -0.3 is 15.3 Å². The highest BCUT2D eigenvalue weighted by molar-refractivity contribution is 8.76. The van der Waals surface area contributed by atoms with Crippen molar-refractivity contribution in [3.05, 3.63) is 12.2 Å². The van der Waals surface area contributed by atoms with Gasteiger partial charge in [-0.3, -0.25) is 24.1 Å². The predicted octanol–water partition coefficient (Wildman–Crippen LogP) is 0.121. The number of nitrogens with one attached hydrogen (secondary N) is 1. The molecule has 4 amide bonds. The first-order valence-electron chi connectivity index (χ1n) is 8.27. The molecule has 9 nitrogen and oxygen atoms in total. The van der Waals surface area contributed by atoms with Gasteiger partial charge in [0, 0.05) is 56.6 Å². The number of carbonyl (C=O) groups excluding carboxylic acids is 4. The maximum absolute atomic E-state index is 11.8. The summed E-state index contributed by atoms with van der Waals surface area (Å²) < 4.78 is 0. The zero-order chi connectivity index (χ0) is 20.4. The first kappa shape index (κ1) is 23.0. The maximum Gasteiger partial charge on any atom is 0.326 e. The summed E-state index contributed by atoms with van der Waals surface area (Å²) in [5, 5.41) is 11.6. The Morgan fingerprint density at radius 2 is 1.74 bits per heavy atom. The molecule has 0 radical (unpaired) electrons. The number of rotatable bonds is 12. The normalized spacial score (nSPS) is 14.4. The van der Waals surface area contributed by atoms with Crippen molar-refractivity contribution in [2.24, 2.45) is 0 Å². The van der Waals surface area contributed by atoms with E-state index in [0.717, 1.165) is 4.90 Å². The van der Waals surface area contributed by atoms with E-state index in [9.17, 15) is 24.0 Å². The predicted molar refractivity (Wildman–Crippen MR) is 103 cm³/mol. The maximum atomic E-state index is 11.8. The van der Waals surface area contributed by atoms with Gasteiger partial charge in [0.05, 0.1) is 0 Å². The van der Waals surface area contributed by atoms with Crippen LogP contribution in [-0.4, -0.2) is 82.2 Å². The number of nitrogens with zero attached hydrogens (tertiary/aromatic N) is 2. The van der Waals surface area contributed by atoms with Crippen LogP contribution >= 0.6 is 21.6 Å². The van der Waals surface area contributed by atoms with E-state index in [2.05, 4.69) is 5.32 Å². The number of carboxylic acids is 1. The van der Waals surface area contributed by atoms with Gasteiger partial charge >= 0.3 is 5.97 Å². The lowest BCUT2D eigenvalue weighted by molar-refractivity contribution is -0.148. The van der Waals surface area contributed by atoms with E-state index in [-0.39, 0.29) is 31.2 Å². The monoisotopic (exact) mass is 417 g/mol. The Balaban J connectivity index is 2.04. The molecule has 1 aliphatic heterocycles. The van der Waals surface area contributed by atoms with E-state index < -0.39 is 23.8 Å². The summed E-state index contributed by atoms with van der Waals surface area (Å²) in [5.41, 5.74) is 0. The van der Waals surface area contributed by atoms with Gasteiger partial charge in [0.1, 0.15) is 6.04 Å². The molecule has 0 aliphatic carbocycles. The minimum absolute atomic E-state index is 0.0551. The van der Waals surface area contributed by atoms with Gasteiger partial charge in [-0.1, -0.05) is 21.6 Å². The molecule has 0 bridgehead atoms. The molecular weight excluding hydrogens is 394 g/mol. The van der Waals surface area contributed by atoms with Crippen molar-refractivity contribution in [2.45, 2.75) is 25.8 Å². The number of carbonyl (C=O) groups is 5. The van der Waals surface area contributed by atoms with Crippen molar-refractivity contribution in [3.63, 3.8) is 0 Å². The zero-order valence-electron chi connectivity index (χ0n) is 15.2. The molecule has 0 fully saturated rings. The lowest BCUT2D eigenvalue weighted by Gasteiger charge is -2.21. The molecule has 150 valence electrons. The van der Waals surface area contributed by atoms with Crippen LogP contribution in [0, 0.1) is 0 Å². The summed E-state index contributed by atoms with van der Waals surface area (Å²) in [6.07, 6.45) is 2.65. The molecule has 0 spiro atoms. The van der Waals surface area contributed by atoms with Crippen LogP contribution in [0.15, 0.2) is 12.2 Å². The minimum Gasteiger partial charge on any atom is -0.480 e. The molecule has 1 aliphatic rings. The molecule has 0 aromatic heterocycles. The van der Waals surface area contributed by atoms with Crippen LogP contribution in [-0.2, 0) is 24.0 Å². The summed E-state index contributed by atoms with van der Waals surface area (Å²) in [6, 6.07) is -0.854. The van der Waals surface area contributed by atoms with E-state index >= 15 is 0 Å². The second-order valence-electron chi connectivity index (χ2n) is 5.67. The molecule has 1 rings (SSSR count). The zero-order valence-corrected chi connectivity index (χ0v) is 16.8. The quantitative estimate of drug-likeness (QED) is 0.261. The standard InChI is InChI=1S/C16H23N3O6S2/c1-11(16(24)25)18(2)13(21)6-9-26-27-10-7-17-12(20)5-8-19-14(22)3-4-15(19)23/h3-4,11H,5-10H2,1-2H3,(H,17,20)(H,24,25)/t11-/m0/s1. The van der Waals surface area contributed by atoms with Crippen molar-refractivity contribution < 1.29 is 29.1 Å². The fourth-order valence-electron chi connectivity index (χ4n) is 1.99. The lowest BCUT2D eigenvalue weighted by atomic mass is 10.3. The number of hydrogen-bond donors (Lipinski definition) is 2. The Morgan fingerprint density at radius 3 is 2.33 bits per heavy atom. The van der Waals surface area contributed by atoms with Crippen LogP contribution in [0.4, 0.5) is 0 Å². The van der Waals surface area contributed by atoms with Gasteiger partial charge in [-0.05, 0) is 6.92 Å². The van der Waals surface area contributed by atoms with Crippen LogP contribution in [0.25, 0.3) is 0 Å². The Hall–Kier alpha value is -2.01. The number of aliphatic carboxylic acids is 1. The van der Waals surface area contributed by atoms with E-state index in [0.29, 0.717) is 18.1 Å². The molecule has 0 saturated carbocycles. The van der Waals surface area contributed by atoms with Crippen molar-refractivity contribution in [3.8, 4) is 0 Å². The summed E-state index contributed by atoms with van der Waals surface area (Å²) in [4.78, 5) is 59.2. The number of amides is 4. The van der Waals surface area contributed by atoms with Gasteiger partial charge in [0.2, 0.25) is 11.8 Å². The van der Waals surface area contributed by atoms with Crippen LogP contribution in [0.3, 0.4) is 0 Å². The molecule has 11 heteroatoms. The van der Waals surface area contributed by atoms with E-state index in [1.807, 2.05) is 0 Å². The molecule has 27 heavy (non-hydrogen) atoms. The smallest absolute Gasteiger partial charge is 0.326 e. The summed E-state index contributed by atoms with van der Waals surface area (Å²) in [7, 11) is 4.43. The highest BCUT2D eigenvalue weighted by Gasteiger charge is 2.23. The number of imide groups is 1. The van der Waals surface area contributed by atoms with Gasteiger partial charge in [-0.2, -0.15) is 0 Å². The van der Waals surface area contributed by atoms with Crippen LogP contribution in [0.1, 0.15) is 19.8 Å². The highest BCUT2D eigenvalue weighted by Crippen LogP contribution is 2.21. The number of likely N-dealkylation sites (N-methyl/N-ethyl adjacent to an activating group) is 1. The molecule has 1 heterocycles. The largest absolute Gasteiger partial charge is 0.480 e. The molecule has 0 saturated heterocycles. The third kappa shape index (κ3) is 8.04. The summed E-state index contributed by atoms with van der Waals surface area (Å²) in [6.45, 7) is 1.94. The topological polar surface area (TPSA) is 124 Å². The first-order valence-corrected chi connectivity index (χ1v) is 10.8. The fraction of sp³-hybridized carbons (Fsp3) is 0.562. The van der Waals surface area contributed by atoms with Crippen LogP contribution < -0.4 is 5.32 Å². The Kier molecular flexibility index (Phi) is 9.94. The van der Waals surface area contributed by atoms with Crippen molar-refractivity contribution >= 4 is 51.2 Å². The minimum atomic E-state index is -1.04. The van der Waals surface area contributed by atoms with Crippen LogP contribution in [0.2, 0.25) is 0 Å². The second kappa shape index (κ2) is 11.7. The Labute approximate surface area is 165 Å². The highest BCUT2D eigenvalue weighted by atomic mass is 33.1. The van der Waals surface area contributed by atoms with Crippen LogP contribution in [0.5, 0.6) is 0 Å². The number of hydrogen-bond acceptors (Lipinski definition) is 7. The average Bonchev–Trinajstić information content (AvgIpc) is 2.95. The molecule has 0 aromatic carbocycles. The third-order valence-electron chi connectivity index (χ3n) is 3.78. The SMILES string of the molecule is C[C@@H](C(=O)O)N(C)C(=O)CCSSCCNC(=O)CCN1C(=O)C=CC1=O. The van der Waals surface area contributed by atoms with Gasteiger partial charge in [-0.25, -0.2) is 4.79 Å². The van der Waals surface area contributed by atoms with E-state index in [1.165, 1.54) is 52.6 Å². The third-order valence-corrected chi connectivity index (χ3v) is 6.19. The Morgan fingerprint density at radius 1 is 1.15 bits per heavy atom. The van der Waals surface area contributed by atoms with Gasteiger partial charge in [0.25, 0.3) is 11.8 Å². The number of carboxylic acid groups (broad SMARTS) is 1. The molecule has 2 N–H and O–H groups in total.